The van der Waals surface area contributed by atoms with Gasteiger partial charge in [-0.25, -0.2) is 9.59 Å². The van der Waals surface area contributed by atoms with Crippen molar-refractivity contribution < 1.29 is 23.8 Å². The number of hydrogen-bond donors (Lipinski definition) is 2. The van der Waals surface area contributed by atoms with Crippen LogP contribution in [0, 0.1) is 0 Å². The van der Waals surface area contributed by atoms with Gasteiger partial charge in [0.25, 0.3) is 0 Å². The minimum Gasteiger partial charge on any atom is -0.466 e. The van der Waals surface area contributed by atoms with Crippen molar-refractivity contribution >= 4 is 23.5 Å². The molecule has 3 N–H and O–H groups in total. The molecule has 9 heteroatoms. The number of likely N-dealkylation sites (tertiary alicyclic amines) is 1. The number of esters is 2. The van der Waals surface area contributed by atoms with Crippen LogP contribution >= 0.6 is 11.6 Å². The van der Waals surface area contributed by atoms with Crippen LogP contribution in [0.25, 0.3) is 0 Å². The van der Waals surface area contributed by atoms with Gasteiger partial charge in [-0.3, -0.25) is 4.90 Å². The first-order valence-electron chi connectivity index (χ1n) is 13.1. The van der Waals surface area contributed by atoms with E-state index in [0.29, 0.717) is 53.7 Å². The average Bonchev–Trinajstić information content (AvgIpc) is 3.28. The molecular formula is C30H36ClN3O5. The molecule has 4 rings (SSSR count). The highest BCUT2D eigenvalue weighted by Gasteiger charge is 2.43. The van der Waals surface area contributed by atoms with Crippen molar-refractivity contribution in [2.24, 2.45) is 5.73 Å². The Morgan fingerprint density at radius 2 is 1.82 bits per heavy atom. The average molecular weight is 554 g/mol. The van der Waals surface area contributed by atoms with E-state index < -0.39 is 23.5 Å². The van der Waals surface area contributed by atoms with Gasteiger partial charge in [0.05, 0.1) is 43.1 Å². The maximum atomic E-state index is 14.1. The maximum Gasteiger partial charge on any atom is 0.337 e. The fourth-order valence-electron chi connectivity index (χ4n) is 5.27. The van der Waals surface area contributed by atoms with Gasteiger partial charge in [0.1, 0.15) is 5.60 Å². The normalized spacial score (nSPS) is 21.6. The molecule has 2 heterocycles. The first kappa shape index (κ1) is 28.8. The summed E-state index contributed by atoms with van der Waals surface area (Å²) in [6.07, 6.45) is 0.681. The Morgan fingerprint density at radius 3 is 2.51 bits per heavy atom. The molecule has 0 aliphatic carbocycles. The highest BCUT2D eigenvalue weighted by Crippen LogP contribution is 2.42. The summed E-state index contributed by atoms with van der Waals surface area (Å²) in [5.74, 6) is -1.89. The minimum atomic E-state index is -0.804. The summed E-state index contributed by atoms with van der Waals surface area (Å²) in [7, 11) is 1.31. The number of carbonyl (C=O) groups excluding carboxylic acids is 2. The molecule has 2 atom stereocenters. The lowest BCUT2D eigenvalue weighted by atomic mass is 9.80. The first-order chi connectivity index (χ1) is 18.8. The van der Waals surface area contributed by atoms with E-state index in [1.165, 1.54) is 12.7 Å². The number of halogens is 1. The fraction of sp³-hybridized carbons (Fsp3) is 0.400. The predicted molar refractivity (Wildman–Crippen MR) is 150 cm³/mol. The van der Waals surface area contributed by atoms with Gasteiger partial charge in [0.15, 0.2) is 0 Å². The molecule has 2 aliphatic rings. The van der Waals surface area contributed by atoms with Crippen LogP contribution in [0.4, 0.5) is 0 Å². The smallest absolute Gasteiger partial charge is 0.337 e. The number of benzene rings is 2. The van der Waals surface area contributed by atoms with E-state index in [1.807, 2.05) is 31.2 Å². The Labute approximate surface area is 234 Å². The largest absolute Gasteiger partial charge is 0.466 e. The number of methoxy groups -OCH3 is 1. The number of hydrogen-bond acceptors (Lipinski definition) is 8. The maximum absolute atomic E-state index is 14.1. The zero-order valence-electron chi connectivity index (χ0n) is 22.7. The summed E-state index contributed by atoms with van der Waals surface area (Å²) in [6.45, 7) is 6.59. The van der Waals surface area contributed by atoms with E-state index >= 15 is 0 Å². The number of rotatable bonds is 10. The molecule has 1 fully saturated rings. The van der Waals surface area contributed by atoms with Crippen LogP contribution in [0.3, 0.4) is 0 Å². The summed E-state index contributed by atoms with van der Waals surface area (Å²) in [5, 5.41) is 3.63. The number of nitrogens with two attached hydrogens (primary N) is 1. The van der Waals surface area contributed by atoms with Crippen LogP contribution in [-0.2, 0) is 30.3 Å². The standard InChI is InChI=1S/C30H36ClN3O5/c1-20-25(28(35)37-3)26(22-11-7-8-12-23(22)31)27(24(33-20)18-38-16-14-32)29(36)39-30(2)13-15-34(19-30)17-21-9-5-4-6-10-21/h4-12,26,33H,13-19,32H2,1-3H3/t26-,30+/m0/s1. The molecule has 0 amide bonds. The summed E-state index contributed by atoms with van der Waals surface area (Å²) in [5.41, 5.74) is 8.35. The lowest BCUT2D eigenvalue weighted by Gasteiger charge is -2.34. The lowest BCUT2D eigenvalue weighted by molar-refractivity contribution is -0.152. The Balaban J connectivity index is 1.68. The van der Waals surface area contributed by atoms with Gasteiger partial charge in [0, 0.05) is 43.3 Å². The third-order valence-corrected chi connectivity index (χ3v) is 7.44. The third-order valence-electron chi connectivity index (χ3n) is 7.10. The van der Waals surface area contributed by atoms with Crippen LogP contribution in [0.1, 0.15) is 37.3 Å². The van der Waals surface area contributed by atoms with Crippen molar-refractivity contribution in [1.29, 1.82) is 0 Å². The van der Waals surface area contributed by atoms with Gasteiger partial charge < -0.3 is 25.3 Å². The zero-order chi connectivity index (χ0) is 28.0. The summed E-state index contributed by atoms with van der Waals surface area (Å²) in [4.78, 5) is 29.4. The van der Waals surface area contributed by atoms with Crippen LogP contribution in [-0.4, -0.2) is 62.4 Å². The van der Waals surface area contributed by atoms with E-state index in [4.69, 9.17) is 31.5 Å². The number of allylic oxidation sites excluding steroid dienone is 1. The number of nitrogens with zero attached hydrogens (tertiary/aromatic N) is 1. The Kier molecular flexibility index (Phi) is 9.45. The second-order valence-electron chi connectivity index (χ2n) is 10.1. The molecule has 0 aromatic heterocycles. The van der Waals surface area contributed by atoms with Crippen LogP contribution in [0.2, 0.25) is 5.02 Å². The molecule has 0 radical (unpaired) electrons. The summed E-state index contributed by atoms with van der Waals surface area (Å²) < 4.78 is 17.1. The summed E-state index contributed by atoms with van der Waals surface area (Å²) >= 11 is 6.63. The Morgan fingerprint density at radius 1 is 1.10 bits per heavy atom. The van der Waals surface area contributed by atoms with Crippen molar-refractivity contribution in [2.45, 2.75) is 38.3 Å². The van der Waals surface area contributed by atoms with Gasteiger partial charge in [-0.1, -0.05) is 60.1 Å². The zero-order valence-corrected chi connectivity index (χ0v) is 23.4. The number of dihydropyridines is 1. The Bertz CT molecular complexity index is 1260. The topological polar surface area (TPSA) is 103 Å². The predicted octanol–water partition coefficient (Wildman–Crippen LogP) is 3.91. The highest BCUT2D eigenvalue weighted by atomic mass is 35.5. The van der Waals surface area contributed by atoms with Crippen molar-refractivity contribution in [3.8, 4) is 0 Å². The molecule has 208 valence electrons. The van der Waals surface area contributed by atoms with E-state index in [9.17, 15) is 9.59 Å². The van der Waals surface area contributed by atoms with Crippen molar-refractivity contribution in [1.82, 2.24) is 10.2 Å². The number of nitrogens with one attached hydrogen (secondary N) is 1. The quantitative estimate of drug-likeness (QED) is 0.337. The first-order valence-corrected chi connectivity index (χ1v) is 13.4. The SMILES string of the molecule is COC(=O)C1=C(C)NC(COCCN)=C(C(=O)O[C@]2(C)CCN(Cc3ccccc3)C2)[C@H]1c1ccccc1Cl. The minimum absolute atomic E-state index is 0.0885. The molecule has 0 spiro atoms. The monoisotopic (exact) mass is 553 g/mol. The van der Waals surface area contributed by atoms with Crippen molar-refractivity contribution in [2.75, 3.05) is 40.0 Å². The highest BCUT2D eigenvalue weighted by molar-refractivity contribution is 6.31. The number of ether oxygens (including phenoxy) is 3. The van der Waals surface area contributed by atoms with Crippen molar-refractivity contribution in [3.63, 3.8) is 0 Å². The van der Waals surface area contributed by atoms with Gasteiger partial charge in [-0.2, -0.15) is 0 Å². The molecule has 0 unspecified atom stereocenters. The molecule has 2 aliphatic heterocycles. The van der Waals surface area contributed by atoms with Gasteiger partial charge >= 0.3 is 11.9 Å². The van der Waals surface area contributed by atoms with Crippen LogP contribution in [0.5, 0.6) is 0 Å². The molecule has 1 saturated heterocycles. The van der Waals surface area contributed by atoms with Crippen molar-refractivity contribution in [3.05, 3.63) is 93.3 Å². The fourth-order valence-corrected chi connectivity index (χ4v) is 5.52. The molecule has 2 aromatic carbocycles. The second kappa shape index (κ2) is 12.8. The van der Waals surface area contributed by atoms with Crippen LogP contribution in [0.15, 0.2) is 77.1 Å². The molecule has 39 heavy (non-hydrogen) atoms. The third kappa shape index (κ3) is 6.70. The summed E-state index contributed by atoms with van der Waals surface area (Å²) in [6, 6.07) is 17.4. The van der Waals surface area contributed by atoms with Gasteiger partial charge in [-0.15, -0.1) is 0 Å². The molecule has 2 aromatic rings. The molecule has 0 bridgehead atoms. The Hall–Kier alpha value is -3.17. The number of carbonyl (C=O) groups is 2. The van der Waals surface area contributed by atoms with Gasteiger partial charge in [0.2, 0.25) is 0 Å². The van der Waals surface area contributed by atoms with E-state index in [-0.39, 0.29) is 12.2 Å². The van der Waals surface area contributed by atoms with Gasteiger partial charge in [-0.05, 0) is 31.0 Å². The van der Waals surface area contributed by atoms with E-state index in [1.54, 1.807) is 25.1 Å². The second-order valence-corrected chi connectivity index (χ2v) is 10.5. The molecular weight excluding hydrogens is 518 g/mol. The van der Waals surface area contributed by atoms with E-state index in [0.717, 1.165) is 13.1 Å². The van der Waals surface area contributed by atoms with Crippen LogP contribution < -0.4 is 11.1 Å². The van der Waals surface area contributed by atoms with E-state index in [2.05, 4.69) is 22.3 Å². The lowest BCUT2D eigenvalue weighted by Crippen LogP contribution is -2.40. The molecule has 8 nitrogen and oxygen atoms in total. The molecule has 0 saturated carbocycles.